The topological polar surface area (TPSA) is 229 Å². The Morgan fingerprint density at radius 2 is 1.59 bits per heavy atom. The number of hydrogen-bond acceptors (Lipinski definition) is 11. The van der Waals surface area contributed by atoms with Crippen molar-refractivity contribution in [2.75, 3.05) is 25.7 Å². The van der Waals surface area contributed by atoms with E-state index in [0.717, 1.165) is 19.8 Å². The van der Waals surface area contributed by atoms with Crippen molar-refractivity contribution in [3.05, 3.63) is 94.5 Å². The first-order valence-corrected chi connectivity index (χ1v) is 16.8. The van der Waals surface area contributed by atoms with Gasteiger partial charge in [-0.25, -0.2) is 4.79 Å². The number of aryl methyl sites for hydroxylation is 2. The van der Waals surface area contributed by atoms with Crippen molar-refractivity contribution in [2.24, 2.45) is 11.5 Å². The van der Waals surface area contributed by atoms with E-state index in [1.54, 1.807) is 17.0 Å². The highest BCUT2D eigenvalue weighted by molar-refractivity contribution is 7.59. The highest BCUT2D eigenvalue weighted by Crippen LogP contribution is 2.35. The standard InChI is InChI=1S/C35H37N5O10S/c1-48-30(42)19-35(34(38)45,20-31(43)49-2)40(51(46)47)26-13-14-28-24(17-26)9-6-16-39(28)29(41)15-12-23-10-11-25(18-27(23)32(36)37)33(44)50-21-22-7-4-3-5-8-22/h3-5,7-8,10-11,13-14,17-18H,6,9,12,15-16,19-21H2,1-2H3,(H4-,36,37,38,45)/p+1. The second kappa shape index (κ2) is 16.7. The first-order chi connectivity index (χ1) is 24.3. The predicted molar refractivity (Wildman–Crippen MR) is 182 cm³/mol. The van der Waals surface area contributed by atoms with Crippen LogP contribution in [0.5, 0.6) is 0 Å². The molecular weight excluding hydrogens is 682 g/mol. The number of amidine groups is 1. The number of carbonyl (C=O) groups excluding carboxylic acids is 5. The molecule has 1 aliphatic rings. The molecule has 0 aliphatic carbocycles. The van der Waals surface area contributed by atoms with Gasteiger partial charge >= 0.3 is 28.4 Å². The second-order valence-electron chi connectivity index (χ2n) is 11.7. The molecule has 2 amide bonds. The van der Waals surface area contributed by atoms with E-state index < -0.39 is 52.7 Å². The van der Waals surface area contributed by atoms with Crippen LogP contribution in [0.25, 0.3) is 0 Å². The van der Waals surface area contributed by atoms with Gasteiger partial charge in [-0.05, 0) is 54.2 Å². The third kappa shape index (κ3) is 8.83. The molecule has 1 heterocycles. The van der Waals surface area contributed by atoms with Crippen LogP contribution in [0.3, 0.4) is 0 Å². The minimum Gasteiger partial charge on any atom is -0.469 e. The van der Waals surface area contributed by atoms with Crippen LogP contribution >= 0.6 is 0 Å². The molecule has 0 bridgehead atoms. The smallest absolute Gasteiger partial charge is 0.466 e. The summed E-state index contributed by atoms with van der Waals surface area (Å²) in [5.41, 5.74) is 12.0. The summed E-state index contributed by atoms with van der Waals surface area (Å²) in [5, 5.41) is 8.08. The third-order valence-electron chi connectivity index (χ3n) is 8.50. The van der Waals surface area contributed by atoms with Gasteiger partial charge in [-0.3, -0.25) is 24.6 Å². The Morgan fingerprint density at radius 1 is 0.922 bits per heavy atom. The van der Waals surface area contributed by atoms with Crippen LogP contribution < -0.4 is 16.4 Å². The molecular formula is C35H38N5O10S+. The molecule has 0 atom stereocenters. The zero-order chi connectivity index (χ0) is 37.3. The molecule has 0 unspecified atom stereocenters. The van der Waals surface area contributed by atoms with Gasteiger partial charge in [0.05, 0.1) is 19.8 Å². The quantitative estimate of drug-likeness (QED) is 0.0719. The number of methoxy groups -OCH3 is 2. The Balaban J connectivity index is 1.57. The molecule has 268 valence electrons. The van der Waals surface area contributed by atoms with Crippen LogP contribution in [0, 0.1) is 5.41 Å². The van der Waals surface area contributed by atoms with Gasteiger partial charge in [-0.1, -0.05) is 40.3 Å². The number of esters is 3. The Hall–Kier alpha value is -5.90. The normalized spacial score (nSPS) is 12.2. The lowest BCUT2D eigenvalue weighted by molar-refractivity contribution is -0.493. The Kier molecular flexibility index (Phi) is 12.4. The fraction of sp³-hybridized carbons (Fsp3) is 0.314. The van der Waals surface area contributed by atoms with Crippen molar-refractivity contribution in [3.63, 3.8) is 0 Å². The minimum atomic E-state index is -3.22. The molecule has 3 aromatic rings. The number of nitrogens with one attached hydrogen (secondary N) is 1. The van der Waals surface area contributed by atoms with Crippen LogP contribution in [-0.2, 0) is 63.3 Å². The van der Waals surface area contributed by atoms with Crippen molar-refractivity contribution in [2.45, 2.75) is 50.7 Å². The Bertz CT molecular complexity index is 1990. The number of carbonyl (C=O) groups is 5. The SMILES string of the molecule is COC(=O)CC(CC(=O)OC)(C(N)=O)[N+](c1ccc2c(c1)CCCN2C(=O)CCc1ccc(C(=O)OCc2ccccc2)cc1C(=N)N)=S(=O)=O. The van der Waals surface area contributed by atoms with E-state index in [0.29, 0.717) is 45.7 Å². The molecule has 5 N–H and O–H groups in total. The van der Waals surface area contributed by atoms with E-state index in [2.05, 4.69) is 9.47 Å². The van der Waals surface area contributed by atoms with Gasteiger partial charge in [0.1, 0.15) is 25.3 Å². The molecule has 1 aliphatic heterocycles. The van der Waals surface area contributed by atoms with Crippen LogP contribution in [0.1, 0.15) is 58.3 Å². The number of nitrogens with zero attached hydrogens (tertiary/aromatic N) is 2. The van der Waals surface area contributed by atoms with Crippen LogP contribution in [-0.4, -0.2) is 74.2 Å². The largest absolute Gasteiger partial charge is 0.469 e. The maximum Gasteiger partial charge on any atom is 0.466 e. The van der Waals surface area contributed by atoms with Crippen molar-refractivity contribution in [3.8, 4) is 0 Å². The average Bonchev–Trinajstić information content (AvgIpc) is 3.12. The molecule has 15 nitrogen and oxygen atoms in total. The van der Waals surface area contributed by atoms with Gasteiger partial charge in [0.25, 0.3) is 11.4 Å². The first-order valence-electron chi connectivity index (χ1n) is 15.8. The number of anilines is 1. The zero-order valence-corrected chi connectivity index (χ0v) is 28.9. The summed E-state index contributed by atoms with van der Waals surface area (Å²) in [7, 11) is -1.14. The summed E-state index contributed by atoms with van der Waals surface area (Å²) < 4.78 is 40.7. The molecule has 0 spiro atoms. The van der Waals surface area contributed by atoms with E-state index in [1.165, 1.54) is 24.3 Å². The van der Waals surface area contributed by atoms with E-state index >= 15 is 0 Å². The number of hydrogen-bond donors (Lipinski definition) is 3. The minimum absolute atomic E-state index is 0.0129. The van der Waals surface area contributed by atoms with E-state index in [1.807, 2.05) is 30.3 Å². The van der Waals surface area contributed by atoms with E-state index in [-0.39, 0.29) is 42.4 Å². The number of benzene rings is 3. The predicted octanol–water partition coefficient (Wildman–Crippen LogP) is 2.30. The molecule has 0 fully saturated rings. The lowest BCUT2D eigenvalue weighted by Gasteiger charge is -2.30. The van der Waals surface area contributed by atoms with Gasteiger partial charge < -0.3 is 30.6 Å². The number of nitrogen functional groups attached to an aromatic ring is 1. The maximum absolute atomic E-state index is 13.6. The van der Waals surface area contributed by atoms with E-state index in [9.17, 15) is 32.4 Å². The average molecular weight is 721 g/mol. The van der Waals surface area contributed by atoms with Gasteiger partial charge in [0, 0.05) is 36.3 Å². The lowest BCUT2D eigenvalue weighted by atomic mass is 9.89. The monoisotopic (exact) mass is 720 g/mol. The number of ether oxygens (including phenoxy) is 3. The fourth-order valence-corrected chi connectivity index (χ4v) is 6.69. The van der Waals surface area contributed by atoms with Crippen molar-refractivity contribution >= 4 is 57.4 Å². The van der Waals surface area contributed by atoms with E-state index in [4.69, 9.17) is 21.6 Å². The number of primary amides is 1. The highest BCUT2D eigenvalue weighted by Gasteiger charge is 2.55. The molecule has 51 heavy (non-hydrogen) atoms. The Labute approximate surface area is 295 Å². The zero-order valence-electron chi connectivity index (χ0n) is 28.0. The molecule has 16 heteroatoms. The molecule has 0 radical (unpaired) electrons. The lowest BCUT2D eigenvalue weighted by Crippen LogP contribution is -2.54. The number of rotatable bonds is 14. The van der Waals surface area contributed by atoms with Crippen molar-refractivity contribution in [1.82, 2.24) is 0 Å². The van der Waals surface area contributed by atoms with Gasteiger partial charge in [-0.15, -0.1) is 8.42 Å². The van der Waals surface area contributed by atoms with Gasteiger partial charge in [0.2, 0.25) is 11.6 Å². The number of nitrogens with two attached hydrogens (primary N) is 2. The molecule has 0 aromatic heterocycles. The summed E-state index contributed by atoms with van der Waals surface area (Å²) in [6, 6.07) is 18.1. The number of amides is 2. The maximum atomic E-state index is 13.6. The van der Waals surface area contributed by atoms with Crippen LogP contribution in [0.2, 0.25) is 0 Å². The van der Waals surface area contributed by atoms with Crippen LogP contribution in [0.4, 0.5) is 11.4 Å². The second-order valence-corrected chi connectivity index (χ2v) is 12.5. The number of fused-ring (bicyclic) bond motifs is 1. The summed E-state index contributed by atoms with van der Waals surface area (Å²) in [6.45, 7) is 0.438. The summed E-state index contributed by atoms with van der Waals surface area (Å²) in [5.74, 6) is -4.40. The first kappa shape index (κ1) is 37.9. The van der Waals surface area contributed by atoms with Crippen molar-refractivity contribution in [1.29, 1.82) is 5.41 Å². The molecule has 0 saturated carbocycles. The fourth-order valence-electron chi connectivity index (χ4n) is 5.90. The van der Waals surface area contributed by atoms with Gasteiger partial charge in [-0.2, -0.15) is 0 Å². The molecule has 4 rings (SSSR count). The summed E-state index contributed by atoms with van der Waals surface area (Å²) >= 11 is 0. The van der Waals surface area contributed by atoms with Crippen molar-refractivity contribution < 1.29 is 50.5 Å². The highest BCUT2D eigenvalue weighted by atomic mass is 32.2. The van der Waals surface area contributed by atoms with Crippen LogP contribution in [0.15, 0.2) is 66.7 Å². The third-order valence-corrected chi connectivity index (χ3v) is 9.36. The Morgan fingerprint density at radius 3 is 2.18 bits per heavy atom. The summed E-state index contributed by atoms with van der Waals surface area (Å²) in [4.78, 5) is 65.4. The van der Waals surface area contributed by atoms with Gasteiger partial charge in [0.15, 0.2) is 0 Å². The molecule has 0 saturated heterocycles. The summed E-state index contributed by atoms with van der Waals surface area (Å²) in [6.07, 6.45) is -0.572. The molecule has 3 aromatic carbocycles.